The molecule has 148 valence electrons. The van der Waals surface area contributed by atoms with E-state index >= 15 is 0 Å². The average Bonchev–Trinajstić information content (AvgIpc) is 3.43. The Morgan fingerprint density at radius 3 is 2.48 bits per heavy atom. The fourth-order valence-corrected chi connectivity index (χ4v) is 5.23. The van der Waals surface area contributed by atoms with Crippen molar-refractivity contribution in [2.45, 2.75) is 12.1 Å². The van der Waals surface area contributed by atoms with Gasteiger partial charge in [0.2, 0.25) is 0 Å². The number of anilines is 2. The fourth-order valence-electron chi connectivity index (χ4n) is 4.03. The molecule has 4 heterocycles. The van der Waals surface area contributed by atoms with Crippen LogP contribution in [0.15, 0.2) is 66.2 Å². The van der Waals surface area contributed by atoms with Crippen molar-refractivity contribution in [3.05, 3.63) is 76.7 Å². The molecule has 5 rings (SSSR count). The van der Waals surface area contributed by atoms with Crippen LogP contribution in [0.25, 0.3) is 0 Å². The first-order valence-corrected chi connectivity index (χ1v) is 11.1. The smallest absolute Gasteiger partial charge is 0.174 e. The Bertz CT molecular complexity index is 956. The molecule has 7 heteroatoms. The summed E-state index contributed by atoms with van der Waals surface area (Å²) in [6, 6.07) is 19.1. The second-order valence-corrected chi connectivity index (χ2v) is 8.49. The Morgan fingerprint density at radius 2 is 1.79 bits per heavy atom. The van der Waals surface area contributed by atoms with Crippen molar-refractivity contribution in [1.29, 1.82) is 0 Å². The summed E-state index contributed by atoms with van der Waals surface area (Å²) in [6.07, 6.45) is 1.84. The summed E-state index contributed by atoms with van der Waals surface area (Å²) < 4.78 is 5.47. The zero-order valence-corrected chi connectivity index (χ0v) is 17.5. The quantitative estimate of drug-likeness (QED) is 0.637. The zero-order chi connectivity index (χ0) is 19.6. The van der Waals surface area contributed by atoms with Gasteiger partial charge in [0.15, 0.2) is 5.11 Å². The lowest BCUT2D eigenvalue weighted by Crippen LogP contribution is -2.36. The van der Waals surface area contributed by atoms with E-state index in [0.717, 1.165) is 42.8 Å². The van der Waals surface area contributed by atoms with Crippen LogP contribution in [0.4, 0.5) is 11.4 Å². The number of thiophene rings is 1. The summed E-state index contributed by atoms with van der Waals surface area (Å²) in [6.45, 7) is 3.44. The van der Waals surface area contributed by atoms with E-state index in [1.165, 1.54) is 10.6 Å². The van der Waals surface area contributed by atoms with Gasteiger partial charge < -0.3 is 19.9 Å². The van der Waals surface area contributed by atoms with Gasteiger partial charge in [0.25, 0.3) is 0 Å². The standard InChI is InChI=1S/C22H22N4OS2/c28-22-24-20(18-4-1-2-10-23-18)21(19-5-3-15-29-19)26(22)17-8-6-16(7-9-17)25-11-13-27-14-12-25/h1-10,15,20-21H,11-14H2,(H,24,28)/t20-,21+/m0/s1. The van der Waals surface area contributed by atoms with E-state index in [9.17, 15) is 0 Å². The van der Waals surface area contributed by atoms with E-state index in [-0.39, 0.29) is 12.1 Å². The van der Waals surface area contributed by atoms with E-state index in [2.05, 4.69) is 67.9 Å². The summed E-state index contributed by atoms with van der Waals surface area (Å²) in [4.78, 5) is 10.5. The molecule has 0 amide bonds. The first-order valence-electron chi connectivity index (χ1n) is 9.78. The summed E-state index contributed by atoms with van der Waals surface area (Å²) >= 11 is 7.53. The zero-order valence-electron chi connectivity index (χ0n) is 15.9. The van der Waals surface area contributed by atoms with Crippen LogP contribution in [0.2, 0.25) is 0 Å². The number of hydrogen-bond donors (Lipinski definition) is 1. The Hall–Kier alpha value is -2.48. The van der Waals surface area contributed by atoms with Crippen molar-refractivity contribution in [2.75, 3.05) is 36.1 Å². The Labute approximate surface area is 179 Å². The molecule has 2 aromatic heterocycles. The van der Waals surface area contributed by atoms with Gasteiger partial charge in [0.1, 0.15) is 0 Å². The molecule has 0 radical (unpaired) electrons. The number of nitrogens with zero attached hydrogens (tertiary/aromatic N) is 3. The summed E-state index contributed by atoms with van der Waals surface area (Å²) in [5, 5.41) is 6.36. The topological polar surface area (TPSA) is 40.6 Å². The van der Waals surface area contributed by atoms with Crippen LogP contribution in [0.3, 0.4) is 0 Å². The minimum atomic E-state index is 0.0151. The molecule has 0 spiro atoms. The highest BCUT2D eigenvalue weighted by atomic mass is 32.1. The molecule has 1 N–H and O–H groups in total. The highest BCUT2D eigenvalue weighted by molar-refractivity contribution is 7.80. The normalized spacial score (nSPS) is 22.0. The maximum absolute atomic E-state index is 5.77. The molecule has 2 aliphatic heterocycles. The summed E-state index contributed by atoms with van der Waals surface area (Å²) in [5.74, 6) is 0. The maximum atomic E-state index is 5.77. The van der Waals surface area contributed by atoms with Crippen LogP contribution >= 0.6 is 23.6 Å². The van der Waals surface area contributed by atoms with Gasteiger partial charge in [-0.1, -0.05) is 12.1 Å². The van der Waals surface area contributed by atoms with Crippen molar-refractivity contribution in [3.63, 3.8) is 0 Å². The molecule has 2 saturated heterocycles. The molecular formula is C22H22N4OS2. The van der Waals surface area contributed by atoms with Crippen LogP contribution in [0, 0.1) is 0 Å². The van der Waals surface area contributed by atoms with Gasteiger partial charge in [-0.05, 0) is 60.1 Å². The van der Waals surface area contributed by atoms with E-state index in [0.29, 0.717) is 0 Å². The van der Waals surface area contributed by atoms with Crippen molar-refractivity contribution in [1.82, 2.24) is 10.3 Å². The lowest BCUT2D eigenvalue weighted by Gasteiger charge is -2.30. The second kappa shape index (κ2) is 8.10. The third-order valence-electron chi connectivity index (χ3n) is 5.44. The number of benzene rings is 1. The van der Waals surface area contributed by atoms with Crippen LogP contribution in [0.1, 0.15) is 22.7 Å². The summed E-state index contributed by atoms with van der Waals surface area (Å²) in [5.41, 5.74) is 3.32. The number of aromatic nitrogens is 1. The van der Waals surface area contributed by atoms with Gasteiger partial charge in [0.05, 0.1) is 31.0 Å². The lowest BCUT2D eigenvalue weighted by molar-refractivity contribution is 0.122. The molecule has 0 unspecified atom stereocenters. The Morgan fingerprint density at radius 1 is 1.00 bits per heavy atom. The van der Waals surface area contributed by atoms with Crippen molar-refractivity contribution in [2.24, 2.45) is 0 Å². The van der Waals surface area contributed by atoms with Gasteiger partial charge in [-0.25, -0.2) is 0 Å². The van der Waals surface area contributed by atoms with Crippen LogP contribution in [-0.4, -0.2) is 36.4 Å². The Kier molecular flexibility index (Phi) is 5.18. The third kappa shape index (κ3) is 3.61. The number of ether oxygens (including phenoxy) is 1. The van der Waals surface area contributed by atoms with Gasteiger partial charge in [-0.3, -0.25) is 4.98 Å². The minimum absolute atomic E-state index is 0.0151. The molecule has 2 atom stereocenters. The number of rotatable bonds is 4. The van der Waals surface area contributed by atoms with Gasteiger partial charge in [0, 0.05) is 35.5 Å². The molecule has 0 bridgehead atoms. The molecule has 3 aromatic rings. The SMILES string of the molecule is S=C1N[C@@H](c2ccccn2)[C@@H](c2cccs2)N1c1ccc(N2CCOCC2)cc1. The third-order valence-corrected chi connectivity index (χ3v) is 6.69. The van der Waals surface area contributed by atoms with Crippen LogP contribution < -0.4 is 15.1 Å². The number of nitrogens with one attached hydrogen (secondary N) is 1. The predicted octanol–water partition coefficient (Wildman–Crippen LogP) is 4.16. The van der Waals surface area contributed by atoms with E-state index < -0.39 is 0 Å². The molecule has 1 aromatic carbocycles. The van der Waals surface area contributed by atoms with E-state index in [1.807, 2.05) is 18.3 Å². The van der Waals surface area contributed by atoms with Gasteiger partial charge in [-0.15, -0.1) is 11.3 Å². The maximum Gasteiger partial charge on any atom is 0.174 e. The largest absolute Gasteiger partial charge is 0.378 e. The number of thiocarbonyl (C=S) groups is 1. The number of hydrogen-bond acceptors (Lipinski definition) is 5. The highest BCUT2D eigenvalue weighted by Crippen LogP contribution is 2.43. The molecule has 2 aliphatic rings. The fraction of sp³-hybridized carbons (Fsp3) is 0.273. The molecule has 5 nitrogen and oxygen atoms in total. The van der Waals surface area contributed by atoms with Crippen LogP contribution in [-0.2, 0) is 4.74 Å². The molecule has 0 aliphatic carbocycles. The predicted molar refractivity (Wildman–Crippen MR) is 122 cm³/mol. The molecule has 0 saturated carbocycles. The second-order valence-electron chi connectivity index (χ2n) is 7.13. The monoisotopic (exact) mass is 422 g/mol. The van der Waals surface area contributed by atoms with Crippen LogP contribution in [0.5, 0.6) is 0 Å². The van der Waals surface area contributed by atoms with Crippen molar-refractivity contribution < 1.29 is 4.74 Å². The molecule has 29 heavy (non-hydrogen) atoms. The summed E-state index contributed by atoms with van der Waals surface area (Å²) in [7, 11) is 0. The average molecular weight is 423 g/mol. The van der Waals surface area contributed by atoms with Crippen molar-refractivity contribution in [3.8, 4) is 0 Å². The first-order chi connectivity index (χ1) is 14.3. The first kappa shape index (κ1) is 18.5. The molecular weight excluding hydrogens is 400 g/mol. The number of pyridine rings is 1. The minimum Gasteiger partial charge on any atom is -0.378 e. The Balaban J connectivity index is 1.48. The van der Waals surface area contributed by atoms with Gasteiger partial charge in [-0.2, -0.15) is 0 Å². The van der Waals surface area contributed by atoms with Gasteiger partial charge >= 0.3 is 0 Å². The van der Waals surface area contributed by atoms with E-state index in [1.54, 1.807) is 11.3 Å². The highest BCUT2D eigenvalue weighted by Gasteiger charge is 2.41. The number of morpholine rings is 1. The van der Waals surface area contributed by atoms with Crippen molar-refractivity contribution >= 4 is 40.0 Å². The lowest BCUT2D eigenvalue weighted by atomic mass is 10.0. The molecule has 2 fully saturated rings. The van der Waals surface area contributed by atoms with E-state index in [4.69, 9.17) is 17.0 Å².